The van der Waals surface area contributed by atoms with Crippen LogP contribution in [0.4, 0.5) is 0 Å². The largest absolute Gasteiger partial charge is 0.455 e. The summed E-state index contributed by atoms with van der Waals surface area (Å²) in [7, 11) is -3.08. The number of aromatic nitrogens is 1. The fourth-order valence-electron chi connectivity index (χ4n) is 3.48. The maximum atomic E-state index is 12.5. The molecule has 0 aliphatic carbocycles. The molecule has 1 atom stereocenters. The first-order chi connectivity index (χ1) is 12.9. The number of fused-ring (bicyclic) bond motifs is 1. The topological polar surface area (TPSA) is 96.5 Å². The molecule has 0 saturated carbocycles. The van der Waals surface area contributed by atoms with Gasteiger partial charge < -0.3 is 14.6 Å². The van der Waals surface area contributed by atoms with E-state index in [9.17, 15) is 18.0 Å². The average molecular weight is 392 g/mol. The number of esters is 1. The molecule has 0 radical (unpaired) electrons. The fourth-order valence-corrected chi connectivity index (χ4v) is 5.21. The number of para-hydroxylation sites is 1. The summed E-state index contributed by atoms with van der Waals surface area (Å²) in [5.74, 6) is -0.733. The van der Waals surface area contributed by atoms with Crippen molar-refractivity contribution in [2.75, 3.05) is 24.7 Å². The van der Waals surface area contributed by atoms with Crippen molar-refractivity contribution in [1.82, 2.24) is 9.88 Å². The second kappa shape index (κ2) is 8.12. The minimum Gasteiger partial charge on any atom is -0.455 e. The predicted octanol–water partition coefficient (Wildman–Crippen LogP) is 1.68. The molecule has 1 aliphatic heterocycles. The Hall–Kier alpha value is -2.35. The van der Waals surface area contributed by atoms with Crippen LogP contribution in [-0.2, 0) is 30.6 Å². The lowest BCUT2D eigenvalue weighted by atomic mass is 10.1. The van der Waals surface area contributed by atoms with Crippen LogP contribution in [0, 0.1) is 0 Å². The SMILES string of the molecule is CCCN(C(=O)COC(=O)Cc1c[nH]c2ccccc12)[C@H]1CCS(=O)(=O)C1. The number of benzene rings is 1. The molecular weight excluding hydrogens is 368 g/mol. The molecule has 1 aliphatic rings. The number of nitrogens with zero attached hydrogens (tertiary/aromatic N) is 1. The van der Waals surface area contributed by atoms with Crippen LogP contribution in [0.2, 0.25) is 0 Å². The van der Waals surface area contributed by atoms with Gasteiger partial charge in [0, 0.05) is 29.7 Å². The number of carbonyl (C=O) groups is 2. The molecule has 1 fully saturated rings. The first-order valence-electron chi connectivity index (χ1n) is 9.10. The van der Waals surface area contributed by atoms with Gasteiger partial charge in [0.25, 0.3) is 5.91 Å². The van der Waals surface area contributed by atoms with Gasteiger partial charge in [0.15, 0.2) is 16.4 Å². The van der Waals surface area contributed by atoms with Gasteiger partial charge in [0.1, 0.15) is 0 Å². The van der Waals surface area contributed by atoms with Crippen molar-refractivity contribution in [2.24, 2.45) is 0 Å². The number of hydrogen-bond acceptors (Lipinski definition) is 5. The Morgan fingerprint density at radius 2 is 2.07 bits per heavy atom. The number of H-pyrrole nitrogens is 1. The Morgan fingerprint density at radius 3 is 2.78 bits per heavy atom. The molecule has 2 aromatic rings. The summed E-state index contributed by atoms with van der Waals surface area (Å²) in [5, 5.41) is 0.949. The monoisotopic (exact) mass is 392 g/mol. The van der Waals surface area contributed by atoms with Gasteiger partial charge in [0.05, 0.1) is 17.9 Å². The van der Waals surface area contributed by atoms with Crippen LogP contribution in [0.15, 0.2) is 30.5 Å². The van der Waals surface area contributed by atoms with E-state index >= 15 is 0 Å². The molecule has 7 nitrogen and oxygen atoms in total. The molecule has 8 heteroatoms. The summed E-state index contributed by atoms with van der Waals surface area (Å²) in [6.45, 7) is 2.02. The Labute approximate surface area is 158 Å². The van der Waals surface area contributed by atoms with E-state index in [0.717, 1.165) is 16.5 Å². The zero-order valence-corrected chi connectivity index (χ0v) is 16.1. The van der Waals surface area contributed by atoms with Crippen molar-refractivity contribution in [2.45, 2.75) is 32.2 Å². The quantitative estimate of drug-likeness (QED) is 0.723. The number of ether oxygens (including phenoxy) is 1. The Kier molecular flexibility index (Phi) is 5.84. The second-order valence-electron chi connectivity index (χ2n) is 6.84. The van der Waals surface area contributed by atoms with Gasteiger partial charge in [-0.05, 0) is 24.5 Å². The third-order valence-corrected chi connectivity index (χ3v) is 6.55. The van der Waals surface area contributed by atoms with Gasteiger partial charge in [-0.1, -0.05) is 25.1 Å². The van der Waals surface area contributed by atoms with Gasteiger partial charge >= 0.3 is 5.97 Å². The third-order valence-electron chi connectivity index (χ3n) is 4.80. The summed E-state index contributed by atoms with van der Waals surface area (Å²) >= 11 is 0. The van der Waals surface area contributed by atoms with Crippen molar-refractivity contribution in [3.63, 3.8) is 0 Å². The first-order valence-corrected chi connectivity index (χ1v) is 10.9. The summed E-state index contributed by atoms with van der Waals surface area (Å²) in [6, 6.07) is 7.32. The maximum Gasteiger partial charge on any atom is 0.310 e. The number of hydrogen-bond donors (Lipinski definition) is 1. The molecule has 1 aromatic heterocycles. The van der Waals surface area contributed by atoms with Crippen LogP contribution in [0.1, 0.15) is 25.3 Å². The molecule has 1 N–H and O–H groups in total. The van der Waals surface area contributed by atoms with E-state index in [2.05, 4.69) is 4.98 Å². The normalized spacial score (nSPS) is 18.5. The Morgan fingerprint density at radius 1 is 1.30 bits per heavy atom. The molecule has 1 aromatic carbocycles. The van der Waals surface area contributed by atoms with Crippen molar-refractivity contribution < 1.29 is 22.7 Å². The van der Waals surface area contributed by atoms with Crippen LogP contribution < -0.4 is 0 Å². The van der Waals surface area contributed by atoms with Gasteiger partial charge in [-0.25, -0.2) is 8.42 Å². The fraction of sp³-hybridized carbons (Fsp3) is 0.474. The molecular formula is C19H24N2O5S. The molecule has 2 heterocycles. The zero-order valence-electron chi connectivity index (χ0n) is 15.3. The molecule has 27 heavy (non-hydrogen) atoms. The minimum atomic E-state index is -3.08. The highest BCUT2D eigenvalue weighted by Crippen LogP contribution is 2.20. The van der Waals surface area contributed by atoms with Crippen molar-refractivity contribution >= 4 is 32.6 Å². The smallest absolute Gasteiger partial charge is 0.310 e. The summed E-state index contributed by atoms with van der Waals surface area (Å²) < 4.78 is 28.6. The molecule has 0 bridgehead atoms. The summed E-state index contributed by atoms with van der Waals surface area (Å²) in [4.78, 5) is 29.3. The van der Waals surface area contributed by atoms with Gasteiger partial charge in [-0.15, -0.1) is 0 Å². The summed E-state index contributed by atoms with van der Waals surface area (Å²) in [5.41, 5.74) is 1.75. The van der Waals surface area contributed by atoms with Crippen molar-refractivity contribution in [3.8, 4) is 0 Å². The van der Waals surface area contributed by atoms with Crippen molar-refractivity contribution in [3.05, 3.63) is 36.0 Å². The Bertz CT molecular complexity index is 934. The molecule has 146 valence electrons. The number of carbonyl (C=O) groups excluding carboxylic acids is 2. The minimum absolute atomic E-state index is 0.0119. The molecule has 0 spiro atoms. The highest BCUT2D eigenvalue weighted by molar-refractivity contribution is 7.91. The van der Waals surface area contributed by atoms with Crippen molar-refractivity contribution in [1.29, 1.82) is 0 Å². The van der Waals surface area contributed by atoms with Crippen LogP contribution in [-0.4, -0.2) is 60.9 Å². The van der Waals surface area contributed by atoms with E-state index in [1.165, 1.54) is 0 Å². The lowest BCUT2D eigenvalue weighted by Crippen LogP contribution is -2.43. The lowest BCUT2D eigenvalue weighted by molar-refractivity contribution is -0.152. The van der Waals surface area contributed by atoms with E-state index in [4.69, 9.17) is 4.74 Å². The highest BCUT2D eigenvalue weighted by atomic mass is 32.2. The van der Waals surface area contributed by atoms with Gasteiger partial charge in [-0.2, -0.15) is 0 Å². The lowest BCUT2D eigenvalue weighted by Gasteiger charge is -2.27. The molecule has 0 unspecified atom stereocenters. The predicted molar refractivity (Wildman–Crippen MR) is 102 cm³/mol. The number of amides is 1. The zero-order chi connectivity index (χ0) is 19.4. The van der Waals surface area contributed by atoms with E-state index in [1.54, 1.807) is 11.1 Å². The average Bonchev–Trinajstić information content (AvgIpc) is 3.21. The van der Waals surface area contributed by atoms with Crippen LogP contribution >= 0.6 is 0 Å². The number of aromatic amines is 1. The van der Waals surface area contributed by atoms with Crippen LogP contribution in [0.3, 0.4) is 0 Å². The number of nitrogens with one attached hydrogen (secondary N) is 1. The number of sulfone groups is 1. The van der Waals surface area contributed by atoms with E-state index < -0.39 is 15.8 Å². The van der Waals surface area contributed by atoms with E-state index in [0.29, 0.717) is 19.4 Å². The molecule has 1 saturated heterocycles. The molecule has 1 amide bonds. The third kappa shape index (κ3) is 4.68. The van der Waals surface area contributed by atoms with Crippen LogP contribution in [0.25, 0.3) is 10.9 Å². The summed E-state index contributed by atoms with van der Waals surface area (Å²) in [6.07, 6.45) is 2.99. The first kappa shape index (κ1) is 19.4. The maximum absolute atomic E-state index is 12.5. The van der Waals surface area contributed by atoms with E-state index in [-0.39, 0.29) is 36.5 Å². The highest BCUT2D eigenvalue weighted by Gasteiger charge is 2.34. The Balaban J connectivity index is 1.57. The molecule has 3 rings (SSSR count). The van der Waals surface area contributed by atoms with Crippen LogP contribution in [0.5, 0.6) is 0 Å². The standard InChI is InChI=1S/C19H24N2O5S/c1-2-8-21(15-7-9-27(24,25)13-15)18(22)12-26-19(23)10-14-11-20-17-6-4-3-5-16(14)17/h3-6,11,15,20H,2,7-10,12-13H2,1H3/t15-/m0/s1. The second-order valence-corrected chi connectivity index (χ2v) is 9.07. The van der Waals surface area contributed by atoms with Gasteiger partial charge in [0.2, 0.25) is 0 Å². The van der Waals surface area contributed by atoms with E-state index in [1.807, 2.05) is 31.2 Å². The van der Waals surface area contributed by atoms with Gasteiger partial charge in [-0.3, -0.25) is 9.59 Å². The number of rotatable bonds is 7.